The van der Waals surface area contributed by atoms with E-state index in [1.54, 1.807) is 12.3 Å². The maximum Gasteiger partial charge on any atom is 0.343 e. The minimum atomic E-state index is -1.59. The summed E-state index contributed by atoms with van der Waals surface area (Å²) in [5.74, 6) is 0.00263. The predicted octanol–water partition coefficient (Wildman–Crippen LogP) is 2.91. The summed E-state index contributed by atoms with van der Waals surface area (Å²) < 4.78 is 35.7. The Hall–Kier alpha value is -2.68. The molecule has 2 aromatic carbocycles. The van der Waals surface area contributed by atoms with Gasteiger partial charge >= 0.3 is 5.97 Å². The average molecular weight is 403 g/mol. The molecule has 0 saturated heterocycles. The molecule has 148 valence electrons. The normalized spacial score (nSPS) is 12.0. The third-order valence-corrected chi connectivity index (χ3v) is 4.78. The van der Waals surface area contributed by atoms with E-state index in [0.717, 1.165) is 16.5 Å². The van der Waals surface area contributed by atoms with Crippen molar-refractivity contribution < 1.29 is 27.1 Å². The van der Waals surface area contributed by atoms with E-state index in [1.165, 1.54) is 7.11 Å². The van der Waals surface area contributed by atoms with Crippen molar-refractivity contribution in [3.63, 3.8) is 0 Å². The maximum atomic E-state index is 11.9. The lowest BCUT2D eigenvalue weighted by molar-refractivity contribution is -0.142. The molecule has 1 aromatic heterocycles. The molecule has 0 amide bonds. The third-order valence-electron chi connectivity index (χ3n) is 4.01. The fraction of sp³-hybridized carbons (Fsp3) is 0.250. The zero-order valence-corrected chi connectivity index (χ0v) is 16.2. The number of methoxy groups -OCH3 is 1. The first-order valence-corrected chi connectivity index (χ1v) is 9.76. The number of furan rings is 1. The average Bonchev–Trinajstić information content (AvgIpc) is 3.15. The second-order valence-corrected chi connectivity index (χ2v) is 6.88. The van der Waals surface area contributed by atoms with Crippen molar-refractivity contribution in [3.05, 3.63) is 65.9 Å². The molecule has 3 rings (SSSR count). The van der Waals surface area contributed by atoms with E-state index in [4.69, 9.17) is 13.3 Å². The van der Waals surface area contributed by atoms with Crippen molar-refractivity contribution in [1.82, 2.24) is 4.72 Å². The molecule has 1 unspecified atom stereocenters. The van der Waals surface area contributed by atoms with E-state index >= 15 is 0 Å². The van der Waals surface area contributed by atoms with Crippen LogP contribution in [0.1, 0.15) is 11.1 Å². The molecule has 0 aliphatic heterocycles. The van der Waals surface area contributed by atoms with Gasteiger partial charge in [0.05, 0.1) is 20.0 Å². The summed E-state index contributed by atoms with van der Waals surface area (Å²) in [4.78, 5) is 11.2. The molecule has 0 aliphatic rings. The predicted molar refractivity (Wildman–Crippen MR) is 105 cm³/mol. The molecule has 0 aliphatic carbocycles. The molecule has 0 fully saturated rings. The lowest BCUT2D eigenvalue weighted by atomic mass is 10.1. The fourth-order valence-corrected chi connectivity index (χ4v) is 3.19. The van der Waals surface area contributed by atoms with Gasteiger partial charge in [0.2, 0.25) is 11.3 Å². The lowest BCUT2D eigenvalue weighted by Gasteiger charge is -2.06. The van der Waals surface area contributed by atoms with Crippen LogP contribution in [-0.4, -0.2) is 30.4 Å². The molecule has 0 radical (unpaired) electrons. The van der Waals surface area contributed by atoms with Crippen LogP contribution in [-0.2, 0) is 38.0 Å². The molecule has 1 N–H and O–H groups in total. The number of carbonyl (C=O) groups is 1. The Kier molecular flexibility index (Phi) is 7.18. The zero-order chi connectivity index (χ0) is 19.8. The molecule has 1 heterocycles. The van der Waals surface area contributed by atoms with Crippen LogP contribution in [0, 0.1) is 0 Å². The Labute approximate surface area is 165 Å². The van der Waals surface area contributed by atoms with Crippen LogP contribution in [0.2, 0.25) is 0 Å². The molecule has 0 spiro atoms. The van der Waals surface area contributed by atoms with Crippen molar-refractivity contribution >= 4 is 28.2 Å². The van der Waals surface area contributed by atoms with Crippen LogP contribution < -0.4 is 9.46 Å². The number of fused-ring (bicyclic) bond motifs is 1. The monoisotopic (exact) mass is 403 g/mol. The van der Waals surface area contributed by atoms with Gasteiger partial charge in [-0.15, -0.1) is 0 Å². The van der Waals surface area contributed by atoms with Crippen molar-refractivity contribution in [1.29, 1.82) is 0 Å². The van der Waals surface area contributed by atoms with Gasteiger partial charge in [-0.3, -0.25) is 4.18 Å². The van der Waals surface area contributed by atoms with Gasteiger partial charge in [0.15, 0.2) is 17.9 Å². The van der Waals surface area contributed by atoms with Crippen LogP contribution in [0.25, 0.3) is 11.0 Å². The van der Waals surface area contributed by atoms with Gasteiger partial charge in [-0.25, -0.2) is 13.7 Å². The van der Waals surface area contributed by atoms with Crippen molar-refractivity contribution in [2.24, 2.45) is 0 Å². The molecule has 8 heteroatoms. The van der Waals surface area contributed by atoms with Crippen LogP contribution in [0.15, 0.2) is 59.2 Å². The maximum absolute atomic E-state index is 11.9. The highest BCUT2D eigenvalue weighted by atomic mass is 32.2. The number of para-hydroxylation sites is 1. The molecule has 0 saturated carbocycles. The Morgan fingerprint density at radius 1 is 1.14 bits per heavy atom. The summed E-state index contributed by atoms with van der Waals surface area (Å²) in [6.07, 6.45) is 2.22. The van der Waals surface area contributed by atoms with Gasteiger partial charge in [0, 0.05) is 11.9 Å². The number of hydrogen-bond acceptors (Lipinski definition) is 6. The van der Waals surface area contributed by atoms with Crippen molar-refractivity contribution in [2.45, 2.75) is 13.0 Å². The molecule has 28 heavy (non-hydrogen) atoms. The Morgan fingerprint density at radius 2 is 1.96 bits per heavy atom. The Bertz CT molecular complexity index is 940. The number of rotatable bonds is 10. The lowest BCUT2D eigenvalue weighted by Crippen LogP contribution is -2.21. The van der Waals surface area contributed by atoms with E-state index in [1.807, 2.05) is 42.5 Å². The summed E-state index contributed by atoms with van der Waals surface area (Å²) >= 11 is -1.59. The van der Waals surface area contributed by atoms with Crippen LogP contribution in [0.3, 0.4) is 0 Å². The van der Waals surface area contributed by atoms with E-state index in [2.05, 4.69) is 9.46 Å². The van der Waals surface area contributed by atoms with E-state index in [0.29, 0.717) is 24.3 Å². The van der Waals surface area contributed by atoms with Crippen LogP contribution in [0.4, 0.5) is 0 Å². The first-order valence-electron chi connectivity index (χ1n) is 8.68. The molecule has 7 nitrogen and oxygen atoms in total. The van der Waals surface area contributed by atoms with Crippen molar-refractivity contribution in [3.8, 4) is 5.75 Å². The van der Waals surface area contributed by atoms with E-state index < -0.39 is 17.2 Å². The fourth-order valence-electron chi connectivity index (χ4n) is 2.59. The van der Waals surface area contributed by atoms with Gasteiger partial charge in [0.1, 0.15) is 0 Å². The largest absolute Gasteiger partial charge is 0.478 e. The summed E-state index contributed by atoms with van der Waals surface area (Å²) in [5.41, 5.74) is 2.45. The van der Waals surface area contributed by atoms with Gasteiger partial charge in [0.25, 0.3) is 0 Å². The highest BCUT2D eigenvalue weighted by Crippen LogP contribution is 2.30. The van der Waals surface area contributed by atoms with Crippen LogP contribution >= 0.6 is 0 Å². The number of nitrogens with one attached hydrogen (secondary N) is 1. The van der Waals surface area contributed by atoms with Gasteiger partial charge in [-0.05, 0) is 23.6 Å². The smallest absolute Gasteiger partial charge is 0.343 e. The van der Waals surface area contributed by atoms with Crippen molar-refractivity contribution in [2.75, 3.05) is 20.3 Å². The number of esters is 1. The molecule has 3 aromatic rings. The summed E-state index contributed by atoms with van der Waals surface area (Å²) in [6, 6.07) is 15.0. The summed E-state index contributed by atoms with van der Waals surface area (Å²) in [6.45, 7) is 0.532. The van der Waals surface area contributed by atoms with Gasteiger partial charge < -0.3 is 13.9 Å². The Balaban J connectivity index is 1.52. The first kappa shape index (κ1) is 20.1. The van der Waals surface area contributed by atoms with E-state index in [9.17, 15) is 9.00 Å². The first-order chi connectivity index (χ1) is 13.7. The number of hydrogen-bond donors (Lipinski definition) is 1. The van der Waals surface area contributed by atoms with Crippen LogP contribution in [0.5, 0.6) is 5.75 Å². The number of ether oxygens (including phenoxy) is 2. The summed E-state index contributed by atoms with van der Waals surface area (Å²) in [7, 11) is 1.30. The molecule has 1 atom stereocenters. The quantitative estimate of drug-likeness (QED) is 0.524. The van der Waals surface area contributed by atoms with E-state index in [-0.39, 0.29) is 13.2 Å². The SMILES string of the molecule is COC(=O)COc1cccc2c(CCNS(=O)OCc3ccccc3)coc12. The number of benzene rings is 2. The molecular formula is C20H21NO6S. The topological polar surface area (TPSA) is 87.0 Å². The standard InChI is InChI=1S/C20H21NO6S/c1-24-19(22)14-25-18-9-5-8-17-16(13-26-20(17)18)10-11-21-28(23)27-12-15-6-3-2-4-7-15/h2-9,13,21H,10-12,14H2,1H3. The highest BCUT2D eigenvalue weighted by Gasteiger charge is 2.12. The molecular weight excluding hydrogens is 382 g/mol. The van der Waals surface area contributed by atoms with Gasteiger partial charge in [-0.1, -0.05) is 42.5 Å². The highest BCUT2D eigenvalue weighted by molar-refractivity contribution is 7.78. The minimum absolute atomic E-state index is 0.190. The molecule has 0 bridgehead atoms. The second-order valence-electron chi connectivity index (χ2n) is 5.89. The second kappa shape index (κ2) is 10.0. The Morgan fingerprint density at radius 3 is 2.75 bits per heavy atom. The zero-order valence-electron chi connectivity index (χ0n) is 15.4. The third kappa shape index (κ3) is 5.41. The number of carbonyl (C=O) groups excluding carboxylic acids is 1. The van der Waals surface area contributed by atoms with Gasteiger partial charge in [-0.2, -0.15) is 0 Å². The summed E-state index contributed by atoms with van der Waals surface area (Å²) in [5, 5.41) is 0.875. The minimum Gasteiger partial charge on any atom is -0.478 e.